The van der Waals surface area contributed by atoms with Gasteiger partial charge in [-0.25, -0.2) is 8.42 Å². The fraction of sp³-hybridized carbons (Fsp3) is 0.308. The van der Waals surface area contributed by atoms with Crippen molar-refractivity contribution in [1.82, 2.24) is 4.98 Å². The van der Waals surface area contributed by atoms with E-state index in [4.69, 9.17) is 0 Å². The van der Waals surface area contributed by atoms with Gasteiger partial charge in [0.15, 0.2) is 9.84 Å². The molecule has 4 nitrogen and oxygen atoms in total. The molecule has 0 bridgehead atoms. The molecule has 162 valence electrons. The second-order valence-corrected chi connectivity index (χ2v) is 10.9. The van der Waals surface area contributed by atoms with Gasteiger partial charge in [-0.05, 0) is 58.4 Å². The van der Waals surface area contributed by atoms with Crippen molar-refractivity contribution in [1.29, 1.82) is 0 Å². The van der Waals surface area contributed by atoms with Gasteiger partial charge in [-0.3, -0.25) is 9.78 Å². The lowest BCUT2D eigenvalue weighted by Gasteiger charge is -2.19. The third-order valence-corrected chi connectivity index (χ3v) is 7.01. The van der Waals surface area contributed by atoms with E-state index >= 15 is 0 Å². The van der Waals surface area contributed by atoms with Gasteiger partial charge in [0.25, 0.3) is 0 Å². The Morgan fingerprint density at radius 3 is 1.97 bits per heavy atom. The first-order valence-corrected chi connectivity index (χ1v) is 12.1. The zero-order valence-electron chi connectivity index (χ0n) is 18.3. The van der Waals surface area contributed by atoms with Crippen molar-refractivity contribution in [3.63, 3.8) is 0 Å². The summed E-state index contributed by atoms with van der Waals surface area (Å²) >= 11 is 0. The fourth-order valence-electron chi connectivity index (χ4n) is 3.37. The molecule has 0 aliphatic rings. The van der Waals surface area contributed by atoms with Gasteiger partial charge in [-0.1, -0.05) is 57.2 Å². The first-order chi connectivity index (χ1) is 14.6. The molecule has 0 amide bonds. The molecule has 0 aliphatic heterocycles. The van der Waals surface area contributed by atoms with Crippen LogP contribution >= 0.6 is 0 Å². The Labute approximate surface area is 185 Å². The summed E-state index contributed by atoms with van der Waals surface area (Å²) in [5, 5.41) is 0. The summed E-state index contributed by atoms with van der Waals surface area (Å²) in [6, 6.07) is 18.2. The number of carbonyl (C=O) groups is 1. The molecule has 0 unspecified atom stereocenters. The predicted molar refractivity (Wildman–Crippen MR) is 124 cm³/mol. The monoisotopic (exact) mass is 435 g/mol. The summed E-state index contributed by atoms with van der Waals surface area (Å²) in [6.45, 7) is 6.39. The normalized spacial score (nSPS) is 12.0. The van der Waals surface area contributed by atoms with Crippen LogP contribution in [0.2, 0.25) is 0 Å². The van der Waals surface area contributed by atoms with Gasteiger partial charge >= 0.3 is 0 Å². The van der Waals surface area contributed by atoms with Crippen LogP contribution in [-0.4, -0.2) is 19.2 Å². The van der Waals surface area contributed by atoms with Gasteiger partial charge in [0.1, 0.15) is 5.78 Å². The number of nitrogens with zero attached hydrogens (tertiary/aromatic N) is 1. The second-order valence-electron chi connectivity index (χ2n) is 8.92. The molecule has 3 rings (SSSR count). The maximum Gasteiger partial charge on any atom is 0.182 e. The first-order valence-electron chi connectivity index (χ1n) is 10.5. The number of hydrogen-bond donors (Lipinski definition) is 0. The Morgan fingerprint density at radius 1 is 0.806 bits per heavy atom. The second kappa shape index (κ2) is 9.56. The molecule has 2 aromatic carbocycles. The van der Waals surface area contributed by atoms with Crippen molar-refractivity contribution >= 4 is 15.6 Å². The number of aryl methyl sites for hydroxylation is 1. The van der Waals surface area contributed by atoms with Crippen LogP contribution in [0.25, 0.3) is 0 Å². The van der Waals surface area contributed by atoms with Gasteiger partial charge in [-0.15, -0.1) is 0 Å². The van der Waals surface area contributed by atoms with Gasteiger partial charge in [-0.2, -0.15) is 0 Å². The molecule has 0 atom stereocenters. The van der Waals surface area contributed by atoms with Gasteiger partial charge in [0.05, 0.1) is 10.6 Å². The van der Waals surface area contributed by atoms with E-state index in [0.29, 0.717) is 19.3 Å². The van der Waals surface area contributed by atoms with Crippen LogP contribution in [0.15, 0.2) is 78.0 Å². The van der Waals surface area contributed by atoms with Crippen LogP contribution in [0.4, 0.5) is 0 Å². The lowest BCUT2D eigenvalue weighted by Crippen LogP contribution is -2.11. The zero-order valence-corrected chi connectivity index (χ0v) is 19.2. The van der Waals surface area contributed by atoms with Crippen LogP contribution in [0.5, 0.6) is 0 Å². The van der Waals surface area contributed by atoms with E-state index in [1.807, 2.05) is 36.4 Å². The highest BCUT2D eigenvalue weighted by molar-refractivity contribution is 7.90. The van der Waals surface area contributed by atoms with Crippen molar-refractivity contribution < 1.29 is 13.2 Å². The molecular formula is C26H29NO3S. The molecule has 0 saturated carbocycles. The average molecular weight is 436 g/mol. The van der Waals surface area contributed by atoms with Gasteiger partial charge < -0.3 is 0 Å². The predicted octanol–water partition coefficient (Wildman–Crippen LogP) is 5.10. The van der Waals surface area contributed by atoms with Crippen molar-refractivity contribution in [3.8, 4) is 0 Å². The summed E-state index contributed by atoms with van der Waals surface area (Å²) in [5.74, 6) is 0.0908. The standard InChI is InChI=1S/C26H29NO3S/c1-26(2,3)23-9-4-22(5-10-23)19-31(29,30)25-12-7-21(8-13-25)18-24(28)11-6-20-14-16-27-17-15-20/h4-5,7-10,12-17H,6,11,18-19H2,1-3H3. The number of ketones is 1. The number of pyridine rings is 1. The van der Waals surface area contributed by atoms with Gasteiger partial charge in [0.2, 0.25) is 0 Å². The minimum atomic E-state index is -3.44. The van der Waals surface area contributed by atoms with E-state index in [-0.39, 0.29) is 21.8 Å². The molecule has 1 aromatic heterocycles. The van der Waals surface area contributed by atoms with Crippen LogP contribution in [0.3, 0.4) is 0 Å². The highest BCUT2D eigenvalue weighted by atomic mass is 32.2. The minimum absolute atomic E-state index is 0.0307. The number of carbonyl (C=O) groups excluding carboxylic acids is 1. The molecule has 0 spiro atoms. The van der Waals surface area contributed by atoms with E-state index in [0.717, 1.165) is 16.7 Å². The maximum absolute atomic E-state index is 12.8. The van der Waals surface area contributed by atoms with Crippen molar-refractivity contribution in [2.24, 2.45) is 0 Å². The first kappa shape index (κ1) is 22.9. The molecule has 0 N–H and O–H groups in total. The largest absolute Gasteiger partial charge is 0.299 e. The van der Waals surface area contributed by atoms with Crippen molar-refractivity contribution in [2.45, 2.75) is 56.1 Å². The Balaban J connectivity index is 1.60. The van der Waals surface area contributed by atoms with Crippen molar-refractivity contribution in [2.75, 3.05) is 0 Å². The lowest BCUT2D eigenvalue weighted by molar-refractivity contribution is -0.118. The number of rotatable bonds is 8. The molecule has 31 heavy (non-hydrogen) atoms. The minimum Gasteiger partial charge on any atom is -0.299 e. The number of aromatic nitrogens is 1. The number of Topliss-reactive ketones (excluding diaryl/α,β-unsaturated/α-hetero) is 1. The summed E-state index contributed by atoms with van der Waals surface area (Å²) in [6.07, 6.45) is 4.88. The van der Waals surface area contributed by atoms with E-state index in [2.05, 4.69) is 25.8 Å². The van der Waals surface area contributed by atoms with Crippen LogP contribution in [0.1, 0.15) is 49.4 Å². The SMILES string of the molecule is CC(C)(C)c1ccc(CS(=O)(=O)c2ccc(CC(=O)CCc3ccncc3)cc2)cc1. The molecule has 0 fully saturated rings. The maximum atomic E-state index is 12.8. The van der Waals surface area contributed by atoms with E-state index < -0.39 is 9.84 Å². The lowest BCUT2D eigenvalue weighted by atomic mass is 9.87. The van der Waals surface area contributed by atoms with Crippen LogP contribution in [0, 0.1) is 0 Å². The molecule has 0 saturated heterocycles. The highest BCUT2D eigenvalue weighted by Gasteiger charge is 2.17. The van der Waals surface area contributed by atoms with E-state index in [1.165, 1.54) is 5.56 Å². The molecule has 0 radical (unpaired) electrons. The fourth-order valence-corrected chi connectivity index (χ4v) is 4.72. The Bertz CT molecular complexity index is 1110. The zero-order chi connectivity index (χ0) is 22.5. The molecule has 3 aromatic rings. The number of benzene rings is 2. The van der Waals surface area contributed by atoms with Gasteiger partial charge in [0, 0.05) is 25.2 Å². The third kappa shape index (κ3) is 6.59. The third-order valence-electron chi connectivity index (χ3n) is 5.30. The highest BCUT2D eigenvalue weighted by Crippen LogP contribution is 2.24. The Kier molecular flexibility index (Phi) is 7.06. The molecule has 0 aliphatic carbocycles. The summed E-state index contributed by atoms with van der Waals surface area (Å²) in [4.78, 5) is 16.5. The number of sulfone groups is 1. The summed E-state index contributed by atoms with van der Waals surface area (Å²) in [7, 11) is -3.44. The van der Waals surface area contributed by atoms with Crippen LogP contribution in [-0.2, 0) is 38.6 Å². The summed E-state index contributed by atoms with van der Waals surface area (Å²) in [5.41, 5.74) is 3.88. The molecule has 5 heteroatoms. The Hall–Kier alpha value is -2.79. The molecule has 1 heterocycles. The topological polar surface area (TPSA) is 64.1 Å². The Morgan fingerprint density at radius 2 is 1.39 bits per heavy atom. The summed E-state index contributed by atoms with van der Waals surface area (Å²) < 4.78 is 25.6. The van der Waals surface area contributed by atoms with Crippen LogP contribution < -0.4 is 0 Å². The molecular weight excluding hydrogens is 406 g/mol. The van der Waals surface area contributed by atoms with E-state index in [9.17, 15) is 13.2 Å². The number of hydrogen-bond acceptors (Lipinski definition) is 4. The quantitative estimate of drug-likeness (QED) is 0.494. The average Bonchev–Trinajstić information content (AvgIpc) is 2.73. The van der Waals surface area contributed by atoms with Crippen molar-refractivity contribution in [3.05, 3.63) is 95.3 Å². The van der Waals surface area contributed by atoms with E-state index in [1.54, 1.807) is 36.7 Å². The smallest absolute Gasteiger partial charge is 0.182 e.